The molecule has 1 saturated carbocycles. The minimum Gasteiger partial charge on any atom is -0.492 e. The molecule has 9 heteroatoms. The van der Waals surface area contributed by atoms with E-state index < -0.39 is 15.9 Å². The molecule has 1 amide bonds. The van der Waals surface area contributed by atoms with Crippen LogP contribution in [0.15, 0.2) is 42.5 Å². The summed E-state index contributed by atoms with van der Waals surface area (Å²) in [6.07, 6.45) is 6.16. The monoisotopic (exact) mass is 468 g/mol. The minimum absolute atomic E-state index is 0. The number of sulfonamides is 1. The fourth-order valence-electron chi connectivity index (χ4n) is 3.49. The lowest BCUT2D eigenvalue weighted by atomic mass is 9.97. The van der Waals surface area contributed by atoms with E-state index in [4.69, 9.17) is 15.2 Å². The molecule has 0 atom stereocenters. The van der Waals surface area contributed by atoms with Crippen molar-refractivity contribution in [1.29, 1.82) is 0 Å². The number of rotatable bonds is 8. The van der Waals surface area contributed by atoms with Gasteiger partial charge < -0.3 is 15.2 Å². The largest absolute Gasteiger partial charge is 0.492 e. The van der Waals surface area contributed by atoms with E-state index in [1.54, 1.807) is 18.2 Å². The predicted molar refractivity (Wildman–Crippen MR) is 123 cm³/mol. The Morgan fingerprint density at radius 3 is 2.32 bits per heavy atom. The van der Waals surface area contributed by atoms with E-state index in [0.29, 0.717) is 18.9 Å². The second kappa shape index (κ2) is 11.4. The summed E-state index contributed by atoms with van der Waals surface area (Å²) in [7, 11) is -3.67. The summed E-state index contributed by atoms with van der Waals surface area (Å²) in [6, 6.07) is 12.7. The van der Waals surface area contributed by atoms with E-state index in [9.17, 15) is 13.2 Å². The number of nitrogens with one attached hydrogen (secondary N) is 1. The summed E-state index contributed by atoms with van der Waals surface area (Å²) < 4.78 is 36.7. The van der Waals surface area contributed by atoms with Gasteiger partial charge in [0.05, 0.1) is 17.9 Å². The van der Waals surface area contributed by atoms with Crippen LogP contribution in [-0.2, 0) is 10.0 Å². The Hall–Kier alpha value is -2.29. The number of hydrogen-bond donors (Lipinski definition) is 2. The van der Waals surface area contributed by atoms with Gasteiger partial charge in [0.25, 0.3) is 5.91 Å². The average molecular weight is 469 g/mol. The number of carbonyl (C=O) groups is 1. The summed E-state index contributed by atoms with van der Waals surface area (Å²) in [5, 5.41) is 0. The molecule has 0 heterocycles. The SMILES string of the molecule is CS(=O)(=O)NC(=O)c1ccc(-c2ccc(OCCN)cc2)cc1OC1CCCCC1.Cl. The summed E-state index contributed by atoms with van der Waals surface area (Å²) in [4.78, 5) is 12.5. The lowest BCUT2D eigenvalue weighted by Gasteiger charge is -2.24. The molecule has 170 valence electrons. The zero-order valence-corrected chi connectivity index (χ0v) is 19.1. The van der Waals surface area contributed by atoms with Crippen LogP contribution in [0.1, 0.15) is 42.5 Å². The topological polar surface area (TPSA) is 108 Å². The van der Waals surface area contributed by atoms with Crippen LogP contribution in [0, 0.1) is 0 Å². The van der Waals surface area contributed by atoms with Crippen molar-refractivity contribution in [2.45, 2.75) is 38.2 Å². The first-order chi connectivity index (χ1) is 14.4. The molecule has 0 aromatic heterocycles. The average Bonchev–Trinajstić information content (AvgIpc) is 2.72. The van der Waals surface area contributed by atoms with E-state index in [0.717, 1.165) is 48.8 Å². The van der Waals surface area contributed by atoms with Gasteiger partial charge in [-0.1, -0.05) is 24.6 Å². The molecule has 0 saturated heterocycles. The van der Waals surface area contributed by atoms with Gasteiger partial charge in [-0.25, -0.2) is 13.1 Å². The molecular weight excluding hydrogens is 440 g/mol. The van der Waals surface area contributed by atoms with Gasteiger partial charge in [-0.15, -0.1) is 12.4 Å². The molecule has 0 radical (unpaired) electrons. The molecule has 1 aliphatic carbocycles. The van der Waals surface area contributed by atoms with Crippen molar-refractivity contribution in [1.82, 2.24) is 4.72 Å². The smallest absolute Gasteiger partial charge is 0.268 e. The maximum atomic E-state index is 12.5. The molecule has 0 aliphatic heterocycles. The molecule has 0 unspecified atom stereocenters. The quantitative estimate of drug-likeness (QED) is 0.613. The minimum atomic E-state index is -3.67. The van der Waals surface area contributed by atoms with Crippen LogP contribution >= 0.6 is 12.4 Å². The van der Waals surface area contributed by atoms with Crippen molar-refractivity contribution >= 4 is 28.3 Å². The number of halogens is 1. The van der Waals surface area contributed by atoms with Crippen LogP contribution in [0.4, 0.5) is 0 Å². The third-order valence-corrected chi connectivity index (χ3v) is 5.48. The summed E-state index contributed by atoms with van der Waals surface area (Å²) in [6.45, 7) is 0.892. The maximum Gasteiger partial charge on any atom is 0.268 e. The Kier molecular flexibility index (Phi) is 9.15. The molecule has 1 fully saturated rings. The van der Waals surface area contributed by atoms with E-state index in [1.807, 2.05) is 29.0 Å². The molecule has 2 aromatic rings. The third kappa shape index (κ3) is 7.41. The van der Waals surface area contributed by atoms with Crippen LogP contribution in [-0.4, -0.2) is 39.8 Å². The first-order valence-electron chi connectivity index (χ1n) is 10.1. The van der Waals surface area contributed by atoms with Crippen molar-refractivity contribution in [2.24, 2.45) is 5.73 Å². The number of hydrogen-bond acceptors (Lipinski definition) is 6. The molecule has 0 spiro atoms. The van der Waals surface area contributed by atoms with E-state index in [-0.39, 0.29) is 24.1 Å². The number of amides is 1. The van der Waals surface area contributed by atoms with Crippen molar-refractivity contribution < 1.29 is 22.7 Å². The molecule has 3 N–H and O–H groups in total. The molecule has 1 aliphatic rings. The normalized spacial score (nSPS) is 14.4. The second-order valence-corrected chi connectivity index (χ2v) is 9.20. The van der Waals surface area contributed by atoms with Gasteiger partial charge in [-0.3, -0.25) is 4.79 Å². The highest BCUT2D eigenvalue weighted by Crippen LogP contribution is 2.31. The third-order valence-electron chi connectivity index (χ3n) is 4.92. The van der Waals surface area contributed by atoms with Gasteiger partial charge in [0.1, 0.15) is 18.1 Å². The highest BCUT2D eigenvalue weighted by Gasteiger charge is 2.21. The first kappa shape index (κ1) is 25.0. The van der Waals surface area contributed by atoms with Crippen LogP contribution in [0.3, 0.4) is 0 Å². The maximum absolute atomic E-state index is 12.5. The molecule has 0 bridgehead atoms. The van der Waals surface area contributed by atoms with Crippen molar-refractivity contribution in [2.75, 3.05) is 19.4 Å². The van der Waals surface area contributed by atoms with Crippen molar-refractivity contribution in [3.05, 3.63) is 48.0 Å². The van der Waals surface area contributed by atoms with Crippen LogP contribution in [0.5, 0.6) is 11.5 Å². The van der Waals surface area contributed by atoms with Gasteiger partial charge in [-0.2, -0.15) is 0 Å². The summed E-state index contributed by atoms with van der Waals surface area (Å²) in [5.74, 6) is 0.427. The predicted octanol–water partition coefficient (Wildman–Crippen LogP) is 3.51. The van der Waals surface area contributed by atoms with Gasteiger partial charge in [0.15, 0.2) is 0 Å². The number of nitrogens with two attached hydrogens (primary N) is 1. The summed E-state index contributed by atoms with van der Waals surface area (Å²) in [5.41, 5.74) is 7.46. The lowest BCUT2D eigenvalue weighted by molar-refractivity contribution is 0.0969. The van der Waals surface area contributed by atoms with E-state index in [1.165, 1.54) is 6.42 Å². The Morgan fingerprint density at radius 1 is 1.06 bits per heavy atom. The van der Waals surface area contributed by atoms with E-state index >= 15 is 0 Å². The van der Waals surface area contributed by atoms with E-state index in [2.05, 4.69) is 0 Å². The van der Waals surface area contributed by atoms with Crippen LogP contribution in [0.2, 0.25) is 0 Å². The first-order valence-corrected chi connectivity index (χ1v) is 12.0. The number of carbonyl (C=O) groups excluding carboxylic acids is 1. The van der Waals surface area contributed by atoms with Crippen LogP contribution in [0.25, 0.3) is 11.1 Å². The Morgan fingerprint density at radius 2 is 1.71 bits per heavy atom. The molecule has 7 nitrogen and oxygen atoms in total. The zero-order chi connectivity index (χ0) is 21.6. The Labute approximate surface area is 189 Å². The molecule has 31 heavy (non-hydrogen) atoms. The fourth-order valence-corrected chi connectivity index (χ4v) is 3.94. The molecular formula is C22H29ClN2O5S. The highest BCUT2D eigenvalue weighted by molar-refractivity contribution is 7.89. The van der Waals surface area contributed by atoms with Gasteiger partial charge in [0.2, 0.25) is 10.0 Å². The fraction of sp³-hybridized carbons (Fsp3) is 0.409. The summed E-state index contributed by atoms with van der Waals surface area (Å²) >= 11 is 0. The lowest BCUT2D eigenvalue weighted by Crippen LogP contribution is -2.30. The van der Waals surface area contributed by atoms with Crippen molar-refractivity contribution in [3.63, 3.8) is 0 Å². The van der Waals surface area contributed by atoms with Gasteiger partial charge in [0, 0.05) is 6.54 Å². The Bertz CT molecular complexity index is 974. The number of benzene rings is 2. The highest BCUT2D eigenvalue weighted by atomic mass is 35.5. The standard InChI is InChI=1S/C22H28N2O5S.ClH/c1-30(26,27)24-22(25)20-12-9-17(15-21(20)29-19-5-3-2-4-6-19)16-7-10-18(11-8-16)28-14-13-23;/h7-12,15,19H,2-6,13-14,23H2,1H3,(H,24,25);1H. The number of ether oxygens (including phenoxy) is 2. The van der Waals surface area contributed by atoms with Gasteiger partial charge >= 0.3 is 0 Å². The zero-order valence-electron chi connectivity index (χ0n) is 17.5. The van der Waals surface area contributed by atoms with Crippen LogP contribution < -0.4 is 19.9 Å². The van der Waals surface area contributed by atoms with Gasteiger partial charge in [-0.05, 0) is 61.1 Å². The molecule has 3 rings (SSSR count). The molecule has 2 aromatic carbocycles. The Balaban J connectivity index is 0.00000341. The van der Waals surface area contributed by atoms with Crippen molar-refractivity contribution in [3.8, 4) is 22.6 Å². The second-order valence-electron chi connectivity index (χ2n) is 7.45.